The number of nitriles is 1. The minimum atomic E-state index is -4.68. The molecule has 0 saturated carbocycles. The number of aromatic amines is 1. The number of halogens is 3. The van der Waals surface area contributed by atoms with Gasteiger partial charge in [0.05, 0.1) is 29.5 Å². The van der Waals surface area contributed by atoms with Crippen LogP contribution in [0.15, 0.2) is 66.9 Å². The van der Waals surface area contributed by atoms with Gasteiger partial charge in [-0.2, -0.15) is 18.4 Å². The third-order valence-electron chi connectivity index (χ3n) is 8.09. The lowest BCUT2D eigenvalue weighted by Gasteiger charge is -2.29. The summed E-state index contributed by atoms with van der Waals surface area (Å²) in [7, 11) is 3.42. The second-order valence-corrected chi connectivity index (χ2v) is 11.6. The van der Waals surface area contributed by atoms with E-state index >= 15 is 0 Å². The van der Waals surface area contributed by atoms with Crippen LogP contribution in [0.5, 0.6) is 11.5 Å². The highest BCUT2D eigenvalue weighted by Crippen LogP contribution is 2.37. The van der Waals surface area contributed by atoms with Gasteiger partial charge in [-0.3, -0.25) is 9.59 Å². The van der Waals surface area contributed by atoms with E-state index in [0.29, 0.717) is 58.0 Å². The Bertz CT molecular complexity index is 1950. The Balaban J connectivity index is 1.21. The Labute approximate surface area is 274 Å². The Kier molecular flexibility index (Phi) is 8.84. The molecule has 10 nitrogen and oxygen atoms in total. The Morgan fingerprint density at radius 3 is 2.50 bits per heavy atom. The van der Waals surface area contributed by atoms with E-state index in [1.54, 1.807) is 54.7 Å². The molecule has 48 heavy (non-hydrogen) atoms. The SMILES string of the molecule is COc1cc(NC(=O)c2cc(OC3CCN(C)CC3)cc(C(F)(F)F)c2)cc(Nc2ccc3c(c2)NC(=O)/C3=C\c2cc(C#N)c[nH]2)c1. The second kappa shape index (κ2) is 13.2. The van der Waals surface area contributed by atoms with Crippen molar-refractivity contribution in [2.75, 3.05) is 43.2 Å². The Hall–Kier alpha value is -5.74. The smallest absolute Gasteiger partial charge is 0.416 e. The van der Waals surface area contributed by atoms with Crippen LogP contribution in [0, 0.1) is 11.3 Å². The number of carbonyl (C=O) groups excluding carboxylic acids is 2. The summed E-state index contributed by atoms with van der Waals surface area (Å²) in [5.41, 5.74) is 2.97. The number of methoxy groups -OCH3 is 1. The van der Waals surface area contributed by atoms with Gasteiger partial charge in [0.25, 0.3) is 11.8 Å². The first-order chi connectivity index (χ1) is 23.0. The molecule has 0 spiro atoms. The van der Waals surface area contributed by atoms with Gasteiger partial charge in [-0.1, -0.05) is 6.07 Å². The van der Waals surface area contributed by atoms with Gasteiger partial charge in [-0.25, -0.2) is 0 Å². The van der Waals surface area contributed by atoms with E-state index in [0.717, 1.165) is 25.2 Å². The van der Waals surface area contributed by atoms with Crippen molar-refractivity contribution in [2.45, 2.75) is 25.1 Å². The molecular weight excluding hydrogens is 625 g/mol. The number of hydrogen-bond donors (Lipinski definition) is 4. The summed E-state index contributed by atoms with van der Waals surface area (Å²) in [5.74, 6) is -0.680. The number of hydrogen-bond acceptors (Lipinski definition) is 7. The van der Waals surface area contributed by atoms with Gasteiger partial charge in [-0.05, 0) is 68.4 Å². The first-order valence-electron chi connectivity index (χ1n) is 15.1. The number of anilines is 4. The van der Waals surface area contributed by atoms with Gasteiger partial charge in [0.2, 0.25) is 0 Å². The van der Waals surface area contributed by atoms with E-state index in [1.807, 2.05) is 13.1 Å². The van der Waals surface area contributed by atoms with Gasteiger partial charge in [0.1, 0.15) is 23.7 Å². The van der Waals surface area contributed by atoms with Crippen molar-refractivity contribution in [2.24, 2.45) is 0 Å². The second-order valence-electron chi connectivity index (χ2n) is 11.6. The van der Waals surface area contributed by atoms with Gasteiger partial charge < -0.3 is 35.3 Å². The fourth-order valence-electron chi connectivity index (χ4n) is 5.62. The molecule has 2 aliphatic heterocycles. The molecule has 2 amide bonds. The number of piperidine rings is 1. The number of aromatic nitrogens is 1. The number of likely N-dealkylation sites (tertiary alicyclic amines) is 1. The van der Waals surface area contributed by atoms with Crippen molar-refractivity contribution in [3.8, 4) is 17.6 Å². The molecular formula is C35H31F3N6O4. The van der Waals surface area contributed by atoms with Gasteiger partial charge in [-0.15, -0.1) is 0 Å². The van der Waals surface area contributed by atoms with Crippen molar-refractivity contribution >= 4 is 46.2 Å². The van der Waals surface area contributed by atoms with E-state index in [-0.39, 0.29) is 29.0 Å². The van der Waals surface area contributed by atoms with Gasteiger partial charge in [0, 0.05) is 65.3 Å². The van der Waals surface area contributed by atoms with Crippen molar-refractivity contribution in [1.82, 2.24) is 9.88 Å². The zero-order valence-corrected chi connectivity index (χ0v) is 26.0. The third-order valence-corrected chi connectivity index (χ3v) is 8.09. The van der Waals surface area contributed by atoms with Crippen molar-refractivity contribution < 1.29 is 32.2 Å². The number of ether oxygens (including phenoxy) is 2. The molecule has 0 radical (unpaired) electrons. The maximum Gasteiger partial charge on any atom is 0.416 e. The zero-order chi connectivity index (χ0) is 34.0. The number of fused-ring (bicyclic) bond motifs is 1. The summed E-state index contributed by atoms with van der Waals surface area (Å²) in [6.45, 7) is 1.53. The minimum Gasteiger partial charge on any atom is -0.497 e. The molecule has 0 atom stereocenters. The highest BCUT2D eigenvalue weighted by molar-refractivity contribution is 6.35. The molecule has 1 saturated heterocycles. The number of alkyl halides is 3. The number of H-pyrrole nitrogens is 1. The molecule has 0 bridgehead atoms. The molecule has 1 aromatic heterocycles. The van der Waals surface area contributed by atoms with Crippen molar-refractivity contribution in [3.05, 3.63) is 94.8 Å². The van der Waals surface area contributed by atoms with Crippen LogP contribution in [0.2, 0.25) is 0 Å². The number of nitrogens with zero attached hydrogens (tertiary/aromatic N) is 2. The van der Waals surface area contributed by atoms with E-state index in [1.165, 1.54) is 13.2 Å². The van der Waals surface area contributed by atoms with Gasteiger partial charge >= 0.3 is 6.18 Å². The predicted octanol–water partition coefficient (Wildman–Crippen LogP) is 6.88. The summed E-state index contributed by atoms with van der Waals surface area (Å²) in [5, 5.41) is 17.8. The first-order valence-corrected chi connectivity index (χ1v) is 15.1. The molecule has 4 N–H and O–H groups in total. The lowest BCUT2D eigenvalue weighted by atomic mass is 10.1. The number of carbonyl (C=O) groups is 2. The van der Waals surface area contributed by atoms with Crippen LogP contribution in [0.1, 0.15) is 45.6 Å². The topological polar surface area (TPSA) is 132 Å². The van der Waals surface area contributed by atoms with Crippen LogP contribution >= 0.6 is 0 Å². The van der Waals surface area contributed by atoms with Gasteiger partial charge in [0.15, 0.2) is 0 Å². The standard InChI is InChI=1S/C35H31F3N6O4/c1-44-7-5-27(6-8-44)48-29-11-21(10-22(12-29)35(36,37)38)33(45)42-26-13-25(14-28(15-26)47-2)41-23-3-4-30-31(34(46)43-32(30)17-23)16-24-9-20(18-39)19-40-24/h3-4,9-17,19,27,40-41H,5-8H2,1-2H3,(H,42,45)(H,43,46)/b31-16-. The molecule has 0 unspecified atom stereocenters. The van der Waals surface area contributed by atoms with Crippen LogP contribution in [0.3, 0.4) is 0 Å². The normalized spacial score (nSPS) is 15.8. The van der Waals surface area contributed by atoms with E-state index in [2.05, 4.69) is 25.8 Å². The van der Waals surface area contributed by atoms with E-state index in [4.69, 9.17) is 14.7 Å². The Morgan fingerprint density at radius 1 is 1.02 bits per heavy atom. The van der Waals surface area contributed by atoms with Crippen molar-refractivity contribution in [1.29, 1.82) is 5.26 Å². The summed E-state index contributed by atoms with van der Waals surface area (Å²) in [6.07, 6.45) is -0.372. The monoisotopic (exact) mass is 656 g/mol. The van der Waals surface area contributed by atoms with Crippen LogP contribution in [0.4, 0.5) is 35.9 Å². The maximum atomic E-state index is 13.8. The molecule has 0 aliphatic carbocycles. The summed E-state index contributed by atoms with van der Waals surface area (Å²) in [6, 6.07) is 16.9. The van der Waals surface area contributed by atoms with E-state index in [9.17, 15) is 22.8 Å². The maximum absolute atomic E-state index is 13.8. The Morgan fingerprint density at radius 2 is 1.79 bits per heavy atom. The highest BCUT2D eigenvalue weighted by Gasteiger charge is 2.33. The number of nitrogens with one attached hydrogen (secondary N) is 4. The third kappa shape index (κ3) is 7.29. The number of rotatable bonds is 8. The number of amides is 2. The molecule has 3 heterocycles. The average molecular weight is 657 g/mol. The molecule has 3 aromatic carbocycles. The fourth-order valence-corrected chi connectivity index (χ4v) is 5.62. The highest BCUT2D eigenvalue weighted by atomic mass is 19.4. The largest absolute Gasteiger partial charge is 0.497 e. The first kappa shape index (κ1) is 32.2. The van der Waals surface area contributed by atoms with Crippen molar-refractivity contribution in [3.63, 3.8) is 0 Å². The average Bonchev–Trinajstić information content (AvgIpc) is 3.64. The zero-order valence-electron chi connectivity index (χ0n) is 26.0. The van der Waals surface area contributed by atoms with E-state index < -0.39 is 17.6 Å². The summed E-state index contributed by atoms with van der Waals surface area (Å²) >= 11 is 0. The molecule has 2 aliphatic rings. The number of benzene rings is 3. The molecule has 4 aromatic rings. The summed E-state index contributed by atoms with van der Waals surface area (Å²) in [4.78, 5) is 31.1. The van der Waals surface area contributed by atoms with Crippen LogP contribution < -0.4 is 25.4 Å². The lowest BCUT2D eigenvalue weighted by molar-refractivity contribution is -0.137. The molecule has 13 heteroatoms. The van der Waals surface area contributed by atoms with Crippen LogP contribution in [-0.4, -0.2) is 55.0 Å². The summed E-state index contributed by atoms with van der Waals surface area (Å²) < 4.78 is 52.7. The predicted molar refractivity (Wildman–Crippen MR) is 175 cm³/mol. The van der Waals surface area contributed by atoms with Crippen LogP contribution in [-0.2, 0) is 11.0 Å². The molecule has 1 fully saturated rings. The minimum absolute atomic E-state index is 0.0148. The molecule has 6 rings (SSSR count). The molecule has 246 valence electrons. The van der Waals surface area contributed by atoms with Crippen LogP contribution in [0.25, 0.3) is 11.6 Å². The quantitative estimate of drug-likeness (QED) is 0.152. The fraction of sp³-hybridized carbons (Fsp3) is 0.229. The lowest BCUT2D eigenvalue weighted by Crippen LogP contribution is -2.35.